The maximum Gasteiger partial charge on any atom is 0.389 e. The monoisotopic (exact) mass is 253 g/mol. The smallest absolute Gasteiger partial charge is 0.389 e. The van der Waals surface area contributed by atoms with Crippen LogP contribution in [0.3, 0.4) is 0 Å². The number of aliphatic carboxylic acids is 1. The zero-order chi connectivity index (χ0) is 12.2. The summed E-state index contributed by atoms with van der Waals surface area (Å²) in [5.41, 5.74) is 0.546. The molecule has 0 atom stereocenters. The van der Waals surface area contributed by atoms with Gasteiger partial charge in [0.2, 0.25) is 0 Å². The van der Waals surface area contributed by atoms with Crippen LogP contribution in [0.1, 0.15) is 23.5 Å². The molecule has 1 aromatic rings. The lowest BCUT2D eigenvalue weighted by molar-refractivity contribution is -0.137. The number of aryl methyl sites for hydroxylation is 2. The molecule has 0 bridgehead atoms. The van der Waals surface area contributed by atoms with Gasteiger partial charge in [-0.25, -0.2) is 4.98 Å². The third kappa shape index (κ3) is 5.11. The number of thiazole rings is 1. The maximum atomic E-state index is 11.9. The Morgan fingerprint density at radius 1 is 1.44 bits per heavy atom. The lowest BCUT2D eigenvalue weighted by Crippen LogP contribution is -2.08. The molecule has 0 spiro atoms. The van der Waals surface area contributed by atoms with Gasteiger partial charge in [-0.1, -0.05) is 0 Å². The first kappa shape index (κ1) is 13.0. The Balaban J connectivity index is 2.42. The van der Waals surface area contributed by atoms with Gasteiger partial charge in [-0.15, -0.1) is 11.3 Å². The molecule has 0 radical (unpaired) electrons. The number of carboxylic acid groups (broad SMARTS) is 1. The molecule has 1 N–H and O–H groups in total. The van der Waals surface area contributed by atoms with E-state index in [1.54, 1.807) is 5.38 Å². The van der Waals surface area contributed by atoms with Crippen LogP contribution in [-0.2, 0) is 17.6 Å². The molecule has 0 aromatic carbocycles. The molecule has 16 heavy (non-hydrogen) atoms. The van der Waals surface area contributed by atoms with Gasteiger partial charge in [-0.2, -0.15) is 13.2 Å². The Morgan fingerprint density at radius 2 is 2.12 bits per heavy atom. The number of rotatable bonds is 5. The molecule has 90 valence electrons. The van der Waals surface area contributed by atoms with E-state index in [9.17, 15) is 18.0 Å². The van der Waals surface area contributed by atoms with Gasteiger partial charge < -0.3 is 5.11 Å². The predicted molar refractivity (Wildman–Crippen MR) is 52.4 cm³/mol. The fourth-order valence-electron chi connectivity index (χ4n) is 1.06. The normalized spacial score (nSPS) is 11.7. The van der Waals surface area contributed by atoms with E-state index in [4.69, 9.17) is 5.11 Å². The van der Waals surface area contributed by atoms with E-state index in [1.807, 2.05) is 0 Å². The molecule has 0 saturated heterocycles. The van der Waals surface area contributed by atoms with Crippen LogP contribution in [0.25, 0.3) is 0 Å². The third-order valence-electron chi connectivity index (χ3n) is 1.82. The van der Waals surface area contributed by atoms with E-state index in [0.717, 1.165) is 11.3 Å². The number of carboxylic acids is 1. The third-order valence-corrected chi connectivity index (χ3v) is 2.77. The molecule has 0 fully saturated rings. The fraction of sp³-hybridized carbons (Fsp3) is 0.556. The number of nitrogens with zero attached hydrogens (tertiary/aromatic N) is 1. The predicted octanol–water partition coefficient (Wildman–Crippen LogP) is 2.66. The lowest BCUT2D eigenvalue weighted by atomic mass is 10.2. The SMILES string of the molecule is O=C(O)CCc1csc(CCC(F)(F)F)n1. The number of hydrogen-bond acceptors (Lipinski definition) is 3. The highest BCUT2D eigenvalue weighted by Gasteiger charge is 2.27. The zero-order valence-corrected chi connectivity index (χ0v) is 9.07. The minimum absolute atomic E-state index is 0.0531. The van der Waals surface area contributed by atoms with Crippen molar-refractivity contribution in [2.45, 2.75) is 31.9 Å². The van der Waals surface area contributed by atoms with Crippen LogP contribution in [0.15, 0.2) is 5.38 Å². The average molecular weight is 253 g/mol. The van der Waals surface area contributed by atoms with Crippen molar-refractivity contribution in [1.82, 2.24) is 4.98 Å². The first-order valence-electron chi connectivity index (χ1n) is 4.58. The summed E-state index contributed by atoms with van der Waals surface area (Å²) in [6.45, 7) is 0. The highest BCUT2D eigenvalue weighted by Crippen LogP contribution is 2.23. The lowest BCUT2D eigenvalue weighted by Gasteiger charge is -2.02. The van der Waals surface area contributed by atoms with Crippen LogP contribution in [0, 0.1) is 0 Å². The Morgan fingerprint density at radius 3 is 2.69 bits per heavy atom. The van der Waals surface area contributed by atoms with E-state index >= 15 is 0 Å². The van der Waals surface area contributed by atoms with Crippen molar-refractivity contribution in [3.8, 4) is 0 Å². The largest absolute Gasteiger partial charge is 0.481 e. The van der Waals surface area contributed by atoms with Crippen LogP contribution in [-0.4, -0.2) is 22.2 Å². The van der Waals surface area contributed by atoms with Crippen molar-refractivity contribution in [2.24, 2.45) is 0 Å². The second-order valence-electron chi connectivity index (χ2n) is 3.24. The van der Waals surface area contributed by atoms with Gasteiger partial charge in [0, 0.05) is 24.6 Å². The molecule has 3 nitrogen and oxygen atoms in total. The molecule has 0 aliphatic rings. The van der Waals surface area contributed by atoms with E-state index in [-0.39, 0.29) is 19.3 Å². The van der Waals surface area contributed by atoms with Gasteiger partial charge in [0.1, 0.15) is 0 Å². The van der Waals surface area contributed by atoms with Crippen molar-refractivity contribution < 1.29 is 23.1 Å². The van der Waals surface area contributed by atoms with Crippen molar-refractivity contribution >= 4 is 17.3 Å². The van der Waals surface area contributed by atoms with Crippen molar-refractivity contribution in [3.63, 3.8) is 0 Å². The van der Waals surface area contributed by atoms with E-state index in [2.05, 4.69) is 4.98 Å². The van der Waals surface area contributed by atoms with Crippen LogP contribution in [0.5, 0.6) is 0 Å². The van der Waals surface area contributed by atoms with Gasteiger partial charge in [0.05, 0.1) is 17.1 Å². The first-order chi connectivity index (χ1) is 7.37. The molecule has 0 amide bonds. The minimum atomic E-state index is -4.17. The summed E-state index contributed by atoms with van der Waals surface area (Å²) in [5, 5.41) is 10.4. The molecule has 1 aromatic heterocycles. The summed E-state index contributed by atoms with van der Waals surface area (Å²) in [6, 6.07) is 0. The Kier molecular flexibility index (Phi) is 4.28. The van der Waals surface area contributed by atoms with Crippen molar-refractivity contribution in [3.05, 3.63) is 16.1 Å². The minimum Gasteiger partial charge on any atom is -0.481 e. The number of alkyl halides is 3. The number of aromatic nitrogens is 1. The Bertz CT molecular complexity index is 362. The van der Waals surface area contributed by atoms with Crippen molar-refractivity contribution in [2.75, 3.05) is 0 Å². The summed E-state index contributed by atoms with van der Waals surface area (Å²) in [5.74, 6) is -0.940. The maximum absolute atomic E-state index is 11.9. The zero-order valence-electron chi connectivity index (χ0n) is 8.25. The quantitative estimate of drug-likeness (QED) is 0.877. The summed E-state index contributed by atoms with van der Waals surface area (Å²) < 4.78 is 35.7. The first-order valence-corrected chi connectivity index (χ1v) is 5.46. The van der Waals surface area contributed by atoms with Gasteiger partial charge in [-0.05, 0) is 0 Å². The molecule has 0 aliphatic carbocycles. The summed E-state index contributed by atoms with van der Waals surface area (Å²) >= 11 is 1.14. The standard InChI is InChI=1S/C9H10F3NO2S/c10-9(11,12)4-3-7-13-6(5-16-7)1-2-8(14)15/h5H,1-4H2,(H,14,15). The number of hydrogen-bond donors (Lipinski definition) is 1. The Hall–Kier alpha value is -1.11. The summed E-state index contributed by atoms with van der Waals surface area (Å²) in [7, 11) is 0. The summed E-state index contributed by atoms with van der Waals surface area (Å²) in [4.78, 5) is 14.2. The van der Waals surface area contributed by atoms with E-state index in [1.165, 1.54) is 0 Å². The topological polar surface area (TPSA) is 50.2 Å². The van der Waals surface area contributed by atoms with Crippen LogP contribution >= 0.6 is 11.3 Å². The second-order valence-corrected chi connectivity index (χ2v) is 4.18. The highest BCUT2D eigenvalue weighted by atomic mass is 32.1. The average Bonchev–Trinajstić information content (AvgIpc) is 2.58. The molecule has 1 rings (SSSR count). The van der Waals surface area contributed by atoms with Gasteiger partial charge in [0.15, 0.2) is 0 Å². The highest BCUT2D eigenvalue weighted by molar-refractivity contribution is 7.09. The van der Waals surface area contributed by atoms with Crippen LogP contribution in [0.4, 0.5) is 13.2 Å². The molecule has 0 saturated carbocycles. The molecule has 0 aliphatic heterocycles. The van der Waals surface area contributed by atoms with Gasteiger partial charge >= 0.3 is 12.1 Å². The molecule has 7 heteroatoms. The molecule has 0 unspecified atom stereocenters. The van der Waals surface area contributed by atoms with Gasteiger partial charge in [-0.3, -0.25) is 4.79 Å². The fourth-order valence-corrected chi connectivity index (χ4v) is 1.89. The van der Waals surface area contributed by atoms with E-state index < -0.39 is 18.6 Å². The Labute approximate surface area is 93.9 Å². The van der Waals surface area contributed by atoms with Crippen LogP contribution in [0.2, 0.25) is 0 Å². The van der Waals surface area contributed by atoms with Gasteiger partial charge in [0.25, 0.3) is 0 Å². The van der Waals surface area contributed by atoms with E-state index in [0.29, 0.717) is 10.7 Å². The molecule has 1 heterocycles. The van der Waals surface area contributed by atoms with Crippen molar-refractivity contribution in [1.29, 1.82) is 0 Å². The molecular weight excluding hydrogens is 243 g/mol. The molecular formula is C9H10F3NO2S. The second kappa shape index (κ2) is 5.29. The van der Waals surface area contributed by atoms with Crippen LogP contribution < -0.4 is 0 Å². The number of halogens is 3. The summed E-state index contributed by atoms with van der Waals surface area (Å²) in [6.07, 6.45) is -4.99. The number of carbonyl (C=O) groups is 1.